The van der Waals surface area contributed by atoms with E-state index in [4.69, 9.17) is 12.2 Å². The molecule has 19 heavy (non-hydrogen) atoms. The largest absolute Gasteiger partial charge is 0.359 e. The summed E-state index contributed by atoms with van der Waals surface area (Å²) in [5, 5.41) is 7.54. The van der Waals surface area contributed by atoms with Crippen LogP contribution in [-0.2, 0) is 0 Å². The van der Waals surface area contributed by atoms with E-state index < -0.39 is 0 Å². The molecule has 1 saturated carbocycles. The lowest BCUT2D eigenvalue weighted by molar-refractivity contribution is 0.526. The minimum absolute atomic E-state index is 0.515. The van der Waals surface area contributed by atoms with Gasteiger partial charge in [0.15, 0.2) is 5.11 Å². The first-order valence-electron chi connectivity index (χ1n) is 6.95. The van der Waals surface area contributed by atoms with Crippen LogP contribution in [0.4, 0.5) is 5.69 Å². The van der Waals surface area contributed by atoms with Crippen molar-refractivity contribution in [3.8, 4) is 0 Å². The van der Waals surface area contributed by atoms with Crippen molar-refractivity contribution in [2.45, 2.75) is 32.7 Å². The molecule has 2 aliphatic rings. The molecule has 0 heterocycles. The van der Waals surface area contributed by atoms with Gasteiger partial charge < -0.3 is 10.6 Å². The lowest BCUT2D eigenvalue weighted by Crippen LogP contribution is -2.40. The summed E-state index contributed by atoms with van der Waals surface area (Å²) in [4.78, 5) is 0. The molecule has 2 bridgehead atoms. The normalized spacial score (nSPS) is 27.6. The predicted molar refractivity (Wildman–Crippen MR) is 84.4 cm³/mol. The van der Waals surface area contributed by atoms with Gasteiger partial charge in [0.25, 0.3) is 0 Å². The Bertz CT molecular complexity index is 536. The Morgan fingerprint density at radius 3 is 2.68 bits per heavy atom. The molecular formula is C16H20N2S. The van der Waals surface area contributed by atoms with Crippen LogP contribution in [-0.4, -0.2) is 11.2 Å². The van der Waals surface area contributed by atoms with Gasteiger partial charge in [-0.3, -0.25) is 0 Å². The summed E-state index contributed by atoms with van der Waals surface area (Å²) in [5.41, 5.74) is 3.61. The molecule has 100 valence electrons. The van der Waals surface area contributed by atoms with Crippen molar-refractivity contribution in [1.82, 2.24) is 5.32 Å². The third-order valence-corrected chi connectivity index (χ3v) is 4.45. The summed E-state index contributed by atoms with van der Waals surface area (Å²) in [6.07, 6.45) is 7.20. The van der Waals surface area contributed by atoms with E-state index in [2.05, 4.69) is 54.8 Å². The fourth-order valence-electron chi connectivity index (χ4n) is 3.23. The fraction of sp³-hybridized carbons (Fsp3) is 0.438. The van der Waals surface area contributed by atoms with Gasteiger partial charge in [-0.05, 0) is 62.4 Å². The topological polar surface area (TPSA) is 24.1 Å². The number of anilines is 1. The van der Waals surface area contributed by atoms with Crippen LogP contribution in [0.25, 0.3) is 0 Å². The molecule has 3 atom stereocenters. The number of nitrogens with one attached hydrogen (secondary N) is 2. The van der Waals surface area contributed by atoms with Crippen LogP contribution in [0.3, 0.4) is 0 Å². The van der Waals surface area contributed by atoms with Crippen LogP contribution in [0, 0.1) is 25.7 Å². The smallest absolute Gasteiger partial charge is 0.171 e. The van der Waals surface area contributed by atoms with E-state index in [1.54, 1.807) is 0 Å². The molecule has 2 aliphatic carbocycles. The number of thiocarbonyl (C=S) groups is 1. The Morgan fingerprint density at radius 1 is 1.21 bits per heavy atom. The van der Waals surface area contributed by atoms with Gasteiger partial charge in [-0.15, -0.1) is 0 Å². The van der Waals surface area contributed by atoms with Crippen LogP contribution in [0.5, 0.6) is 0 Å². The van der Waals surface area contributed by atoms with Crippen molar-refractivity contribution in [2.24, 2.45) is 11.8 Å². The summed E-state index contributed by atoms with van der Waals surface area (Å²) < 4.78 is 0. The lowest BCUT2D eigenvalue weighted by Gasteiger charge is -2.22. The molecular weight excluding hydrogens is 252 g/mol. The van der Waals surface area contributed by atoms with Crippen LogP contribution in [0.1, 0.15) is 24.0 Å². The van der Waals surface area contributed by atoms with Crippen molar-refractivity contribution in [3.05, 3.63) is 41.5 Å². The van der Waals surface area contributed by atoms with Crippen LogP contribution in [0.15, 0.2) is 30.4 Å². The zero-order chi connectivity index (χ0) is 13.4. The van der Waals surface area contributed by atoms with Crippen molar-refractivity contribution in [2.75, 3.05) is 5.32 Å². The Hall–Kier alpha value is -1.35. The predicted octanol–water partition coefficient (Wildman–Crippen LogP) is 3.55. The second-order valence-electron chi connectivity index (χ2n) is 5.80. The molecule has 1 fully saturated rings. The monoisotopic (exact) mass is 272 g/mol. The zero-order valence-electron chi connectivity index (χ0n) is 11.4. The van der Waals surface area contributed by atoms with Crippen LogP contribution < -0.4 is 10.6 Å². The van der Waals surface area contributed by atoms with Crippen molar-refractivity contribution in [1.29, 1.82) is 0 Å². The summed E-state index contributed by atoms with van der Waals surface area (Å²) in [6, 6.07) is 6.89. The zero-order valence-corrected chi connectivity index (χ0v) is 12.3. The van der Waals surface area contributed by atoms with Crippen LogP contribution >= 0.6 is 12.2 Å². The van der Waals surface area contributed by atoms with Crippen LogP contribution in [0.2, 0.25) is 0 Å². The summed E-state index contributed by atoms with van der Waals surface area (Å²) in [6.45, 7) is 4.22. The molecule has 0 saturated heterocycles. The third-order valence-electron chi connectivity index (χ3n) is 4.23. The Labute approximate surface area is 120 Å². The number of hydrogen-bond donors (Lipinski definition) is 2. The Balaban J connectivity index is 1.61. The minimum Gasteiger partial charge on any atom is -0.359 e. The number of aryl methyl sites for hydroxylation is 2. The van der Waals surface area contributed by atoms with Gasteiger partial charge in [0.1, 0.15) is 0 Å². The molecule has 0 spiro atoms. The first-order chi connectivity index (χ1) is 9.11. The summed E-state index contributed by atoms with van der Waals surface area (Å²) in [5.74, 6) is 1.44. The average molecular weight is 272 g/mol. The van der Waals surface area contributed by atoms with E-state index in [0.717, 1.165) is 16.7 Å². The second kappa shape index (κ2) is 4.97. The molecule has 0 unspecified atom stereocenters. The highest BCUT2D eigenvalue weighted by Gasteiger charge is 2.35. The third kappa shape index (κ3) is 2.66. The van der Waals surface area contributed by atoms with E-state index in [9.17, 15) is 0 Å². The summed E-state index contributed by atoms with van der Waals surface area (Å²) >= 11 is 5.43. The highest BCUT2D eigenvalue weighted by molar-refractivity contribution is 7.80. The van der Waals surface area contributed by atoms with Gasteiger partial charge in [0, 0.05) is 11.7 Å². The Morgan fingerprint density at radius 2 is 2.05 bits per heavy atom. The van der Waals surface area contributed by atoms with E-state index in [0.29, 0.717) is 12.0 Å². The molecule has 3 rings (SSSR count). The molecule has 0 aromatic heterocycles. The maximum atomic E-state index is 5.43. The molecule has 2 N–H and O–H groups in total. The highest BCUT2D eigenvalue weighted by atomic mass is 32.1. The van der Waals surface area contributed by atoms with E-state index in [-0.39, 0.29) is 0 Å². The second-order valence-corrected chi connectivity index (χ2v) is 6.21. The number of benzene rings is 1. The molecule has 2 nitrogen and oxygen atoms in total. The number of allylic oxidation sites excluding steroid dienone is 1. The number of fused-ring (bicyclic) bond motifs is 2. The highest BCUT2D eigenvalue weighted by Crippen LogP contribution is 2.38. The standard InChI is InChI=1S/C16H20N2S/c1-10-3-6-14(11(2)7-10)17-16(19)18-15-9-12-4-5-13(15)8-12/h3-7,12-13,15H,8-9H2,1-2H3,(H2,17,18,19)/t12-,13+,15+/m1/s1. The first kappa shape index (κ1) is 12.7. The summed E-state index contributed by atoms with van der Waals surface area (Å²) in [7, 11) is 0. The minimum atomic E-state index is 0.515. The maximum absolute atomic E-state index is 5.43. The SMILES string of the molecule is Cc1ccc(NC(=S)N[C@H]2C[C@@H]3C=C[C@H]2C3)c(C)c1. The average Bonchev–Trinajstić information content (AvgIpc) is 2.95. The first-order valence-corrected chi connectivity index (χ1v) is 7.36. The maximum Gasteiger partial charge on any atom is 0.171 e. The molecule has 1 aromatic rings. The van der Waals surface area contributed by atoms with Gasteiger partial charge >= 0.3 is 0 Å². The van der Waals surface area contributed by atoms with E-state index in [1.807, 2.05) is 0 Å². The van der Waals surface area contributed by atoms with Gasteiger partial charge in [-0.1, -0.05) is 29.8 Å². The van der Waals surface area contributed by atoms with Crippen molar-refractivity contribution >= 4 is 23.0 Å². The van der Waals surface area contributed by atoms with Gasteiger partial charge in [0.2, 0.25) is 0 Å². The van der Waals surface area contributed by atoms with E-state index in [1.165, 1.54) is 24.0 Å². The quantitative estimate of drug-likeness (QED) is 0.636. The molecule has 3 heteroatoms. The fourth-order valence-corrected chi connectivity index (χ4v) is 3.49. The van der Waals surface area contributed by atoms with Gasteiger partial charge in [-0.25, -0.2) is 0 Å². The molecule has 0 amide bonds. The lowest BCUT2D eigenvalue weighted by atomic mass is 10.0. The van der Waals surface area contributed by atoms with Gasteiger partial charge in [-0.2, -0.15) is 0 Å². The van der Waals surface area contributed by atoms with Crippen molar-refractivity contribution in [3.63, 3.8) is 0 Å². The Kier molecular flexibility index (Phi) is 3.31. The van der Waals surface area contributed by atoms with Crippen molar-refractivity contribution < 1.29 is 0 Å². The van der Waals surface area contributed by atoms with Gasteiger partial charge in [0.05, 0.1) is 0 Å². The molecule has 0 aliphatic heterocycles. The van der Waals surface area contributed by atoms with E-state index >= 15 is 0 Å². The molecule has 1 aromatic carbocycles. The number of hydrogen-bond acceptors (Lipinski definition) is 1. The molecule has 0 radical (unpaired) electrons. The number of rotatable bonds is 2.